The average molecular weight is 270 g/mol. The third-order valence-corrected chi connectivity index (χ3v) is 2.60. The summed E-state index contributed by atoms with van der Waals surface area (Å²) in [6.07, 6.45) is 3.21. The van der Waals surface area contributed by atoms with Gasteiger partial charge in [0.1, 0.15) is 6.54 Å². The number of pyridine rings is 2. The SMILES string of the molecule is C/C(=N/NC(=O)Cn1ccccc1=O)c1ccccn1. The first kappa shape index (κ1) is 13.7. The maximum Gasteiger partial charge on any atom is 0.260 e. The van der Waals surface area contributed by atoms with Gasteiger partial charge in [-0.2, -0.15) is 5.10 Å². The predicted octanol–water partition coefficient (Wildman–Crippen LogP) is 0.784. The zero-order valence-corrected chi connectivity index (χ0v) is 11.0. The maximum absolute atomic E-state index is 11.7. The van der Waals surface area contributed by atoms with E-state index in [2.05, 4.69) is 15.5 Å². The molecule has 0 aliphatic rings. The second-order valence-corrected chi connectivity index (χ2v) is 4.11. The molecule has 6 nitrogen and oxygen atoms in total. The molecule has 2 aromatic heterocycles. The van der Waals surface area contributed by atoms with Crippen LogP contribution in [0.2, 0.25) is 0 Å². The molecule has 0 spiro atoms. The monoisotopic (exact) mass is 270 g/mol. The van der Waals surface area contributed by atoms with Gasteiger partial charge in [-0.25, -0.2) is 5.43 Å². The molecule has 0 bridgehead atoms. The van der Waals surface area contributed by atoms with Gasteiger partial charge in [-0.15, -0.1) is 0 Å². The fourth-order valence-corrected chi connectivity index (χ4v) is 1.56. The molecule has 2 rings (SSSR count). The van der Waals surface area contributed by atoms with Crippen LogP contribution in [0.1, 0.15) is 12.6 Å². The smallest absolute Gasteiger partial charge is 0.260 e. The summed E-state index contributed by atoms with van der Waals surface area (Å²) in [5.41, 5.74) is 3.46. The topological polar surface area (TPSA) is 76.3 Å². The lowest BCUT2D eigenvalue weighted by molar-refractivity contribution is -0.121. The second kappa shape index (κ2) is 6.42. The van der Waals surface area contributed by atoms with Gasteiger partial charge in [0.15, 0.2) is 0 Å². The lowest BCUT2D eigenvalue weighted by Gasteiger charge is -2.04. The normalized spacial score (nSPS) is 11.2. The number of hydrogen-bond donors (Lipinski definition) is 1. The molecule has 102 valence electrons. The average Bonchev–Trinajstić information content (AvgIpc) is 2.48. The highest BCUT2D eigenvalue weighted by Gasteiger charge is 2.03. The third-order valence-electron chi connectivity index (χ3n) is 2.60. The fraction of sp³-hybridized carbons (Fsp3) is 0.143. The zero-order chi connectivity index (χ0) is 14.4. The molecular formula is C14H14N4O2. The fourth-order valence-electron chi connectivity index (χ4n) is 1.56. The van der Waals surface area contributed by atoms with Crippen molar-refractivity contribution in [2.24, 2.45) is 5.10 Å². The van der Waals surface area contributed by atoms with Crippen molar-refractivity contribution < 1.29 is 4.79 Å². The Morgan fingerprint density at radius 1 is 1.30 bits per heavy atom. The lowest BCUT2D eigenvalue weighted by atomic mass is 10.3. The van der Waals surface area contributed by atoms with Crippen LogP contribution in [-0.2, 0) is 11.3 Å². The quantitative estimate of drug-likeness (QED) is 0.659. The van der Waals surface area contributed by atoms with Crippen LogP contribution in [0.25, 0.3) is 0 Å². The van der Waals surface area contributed by atoms with E-state index in [0.717, 1.165) is 0 Å². The van der Waals surface area contributed by atoms with Crippen molar-refractivity contribution in [3.8, 4) is 0 Å². The summed E-state index contributed by atoms with van der Waals surface area (Å²) in [6.45, 7) is 1.68. The van der Waals surface area contributed by atoms with Gasteiger partial charge in [-0.1, -0.05) is 12.1 Å². The molecular weight excluding hydrogens is 256 g/mol. The number of nitrogens with zero attached hydrogens (tertiary/aromatic N) is 3. The maximum atomic E-state index is 11.7. The number of nitrogens with one attached hydrogen (secondary N) is 1. The summed E-state index contributed by atoms with van der Waals surface area (Å²) < 4.78 is 1.31. The van der Waals surface area contributed by atoms with Crippen LogP contribution in [0.3, 0.4) is 0 Å². The van der Waals surface area contributed by atoms with Crippen molar-refractivity contribution in [1.29, 1.82) is 0 Å². The number of rotatable bonds is 4. The molecule has 6 heteroatoms. The molecule has 1 N–H and O–H groups in total. The molecule has 0 radical (unpaired) electrons. The van der Waals surface area contributed by atoms with E-state index in [0.29, 0.717) is 11.4 Å². The van der Waals surface area contributed by atoms with E-state index in [1.165, 1.54) is 10.6 Å². The first-order valence-electron chi connectivity index (χ1n) is 6.07. The molecule has 0 saturated heterocycles. The zero-order valence-electron chi connectivity index (χ0n) is 11.0. The Morgan fingerprint density at radius 3 is 2.80 bits per heavy atom. The second-order valence-electron chi connectivity index (χ2n) is 4.11. The molecule has 0 fully saturated rings. The van der Waals surface area contributed by atoms with E-state index >= 15 is 0 Å². The first-order chi connectivity index (χ1) is 9.66. The van der Waals surface area contributed by atoms with Crippen LogP contribution in [0.15, 0.2) is 58.7 Å². The van der Waals surface area contributed by atoms with E-state index in [4.69, 9.17) is 0 Å². The summed E-state index contributed by atoms with van der Waals surface area (Å²) in [5.74, 6) is -0.367. The molecule has 2 heterocycles. The van der Waals surface area contributed by atoms with Crippen LogP contribution in [0.4, 0.5) is 0 Å². The highest BCUT2D eigenvalue weighted by Crippen LogP contribution is 1.95. The van der Waals surface area contributed by atoms with Gasteiger partial charge in [0.2, 0.25) is 0 Å². The number of carbonyl (C=O) groups excluding carboxylic acids is 1. The van der Waals surface area contributed by atoms with Crippen molar-refractivity contribution >= 4 is 11.6 Å². The summed E-state index contributed by atoms with van der Waals surface area (Å²) in [4.78, 5) is 27.3. The number of amides is 1. The Kier molecular flexibility index (Phi) is 4.39. The van der Waals surface area contributed by atoms with E-state index < -0.39 is 0 Å². The van der Waals surface area contributed by atoms with E-state index in [1.54, 1.807) is 43.6 Å². The summed E-state index contributed by atoms with van der Waals surface area (Å²) in [7, 11) is 0. The number of aromatic nitrogens is 2. The standard InChI is InChI=1S/C14H14N4O2/c1-11(12-6-2-4-8-15-12)16-17-13(19)10-18-9-5-3-7-14(18)20/h2-9H,10H2,1H3,(H,17,19)/b16-11-. The van der Waals surface area contributed by atoms with Gasteiger partial charge in [-0.3, -0.25) is 14.6 Å². The minimum Gasteiger partial charge on any atom is -0.306 e. The number of carbonyl (C=O) groups is 1. The first-order valence-corrected chi connectivity index (χ1v) is 6.07. The highest BCUT2D eigenvalue weighted by molar-refractivity contribution is 5.97. The Balaban J connectivity index is 1.99. The Hall–Kier alpha value is -2.76. The van der Waals surface area contributed by atoms with Crippen molar-refractivity contribution in [1.82, 2.24) is 15.0 Å². The largest absolute Gasteiger partial charge is 0.306 e. The van der Waals surface area contributed by atoms with E-state index in [1.807, 2.05) is 6.07 Å². The van der Waals surface area contributed by atoms with Gasteiger partial charge in [0.25, 0.3) is 11.5 Å². The minimum atomic E-state index is -0.367. The molecule has 0 aromatic carbocycles. The minimum absolute atomic E-state index is 0.0708. The van der Waals surface area contributed by atoms with Crippen LogP contribution in [-0.4, -0.2) is 21.2 Å². The molecule has 2 aromatic rings. The molecule has 0 atom stereocenters. The van der Waals surface area contributed by atoms with Gasteiger partial charge in [-0.05, 0) is 25.1 Å². The van der Waals surface area contributed by atoms with Gasteiger partial charge >= 0.3 is 0 Å². The van der Waals surface area contributed by atoms with Crippen molar-refractivity contribution in [3.05, 3.63) is 64.8 Å². The molecule has 20 heavy (non-hydrogen) atoms. The third kappa shape index (κ3) is 3.61. The molecule has 0 unspecified atom stereocenters. The summed E-state index contributed by atoms with van der Waals surface area (Å²) in [6, 6.07) is 10.2. The molecule has 0 aliphatic heterocycles. The number of hydrazone groups is 1. The number of hydrogen-bond acceptors (Lipinski definition) is 4. The van der Waals surface area contributed by atoms with E-state index in [-0.39, 0.29) is 18.0 Å². The van der Waals surface area contributed by atoms with Crippen LogP contribution in [0.5, 0.6) is 0 Å². The Labute approximate surface area is 115 Å². The van der Waals surface area contributed by atoms with Crippen LogP contribution in [0, 0.1) is 0 Å². The predicted molar refractivity (Wildman–Crippen MR) is 75.3 cm³/mol. The van der Waals surface area contributed by atoms with Crippen molar-refractivity contribution in [3.63, 3.8) is 0 Å². The Morgan fingerprint density at radius 2 is 2.10 bits per heavy atom. The van der Waals surface area contributed by atoms with Crippen LogP contribution < -0.4 is 11.0 Å². The van der Waals surface area contributed by atoms with Gasteiger partial charge < -0.3 is 4.57 Å². The molecule has 0 aliphatic carbocycles. The molecule has 0 saturated carbocycles. The Bertz CT molecular complexity index is 677. The highest BCUT2D eigenvalue weighted by atomic mass is 16.2. The van der Waals surface area contributed by atoms with E-state index in [9.17, 15) is 9.59 Å². The summed E-state index contributed by atoms with van der Waals surface area (Å²) in [5, 5.41) is 3.96. The summed E-state index contributed by atoms with van der Waals surface area (Å²) >= 11 is 0. The van der Waals surface area contributed by atoms with Crippen molar-refractivity contribution in [2.75, 3.05) is 0 Å². The van der Waals surface area contributed by atoms with Gasteiger partial charge in [0, 0.05) is 18.5 Å². The van der Waals surface area contributed by atoms with Crippen molar-refractivity contribution in [2.45, 2.75) is 13.5 Å². The van der Waals surface area contributed by atoms with Crippen LogP contribution >= 0.6 is 0 Å². The lowest BCUT2D eigenvalue weighted by Crippen LogP contribution is -2.29. The molecule has 1 amide bonds. The van der Waals surface area contributed by atoms with Gasteiger partial charge in [0.05, 0.1) is 11.4 Å².